The molecule has 1 atom stereocenters. The van der Waals surface area contributed by atoms with Crippen molar-refractivity contribution in [2.24, 2.45) is 5.92 Å². The number of nitrogens with one attached hydrogen (secondary N) is 2. The number of hydrogen-bond acceptors (Lipinski definition) is 6. The second-order valence-corrected chi connectivity index (χ2v) is 12.3. The first kappa shape index (κ1) is 30.4. The Hall–Kier alpha value is -4.67. The van der Waals surface area contributed by atoms with Gasteiger partial charge >= 0.3 is 0 Å². The van der Waals surface area contributed by atoms with Crippen molar-refractivity contribution in [3.05, 3.63) is 66.7 Å². The largest absolute Gasteiger partial charge is 0.494 e. The topological polar surface area (TPSA) is 123 Å². The zero-order valence-corrected chi connectivity index (χ0v) is 25.9. The first-order valence-electron chi connectivity index (χ1n) is 15.9. The van der Waals surface area contributed by atoms with Crippen LogP contribution >= 0.6 is 0 Å². The van der Waals surface area contributed by atoms with Crippen molar-refractivity contribution in [2.45, 2.75) is 64.6 Å². The number of imidazole rings is 2. The highest BCUT2D eigenvalue weighted by atomic mass is 16.5. The molecule has 4 aromatic rings. The molecule has 0 radical (unpaired) electrons. The number of nitrogens with zero attached hydrogens (tertiary/aromatic N) is 5. The van der Waals surface area contributed by atoms with Gasteiger partial charge in [-0.25, -0.2) is 9.97 Å². The number of hydrogen-bond donors (Lipinski definition) is 2. The lowest BCUT2D eigenvalue weighted by atomic mass is 10.0. The number of carbonyl (C=O) groups excluding carboxylic acids is 3. The minimum Gasteiger partial charge on any atom is -0.494 e. The van der Waals surface area contributed by atoms with Crippen molar-refractivity contribution < 1.29 is 19.1 Å². The number of ether oxygens (including phenoxy) is 1. The van der Waals surface area contributed by atoms with Crippen LogP contribution in [0.4, 0.5) is 0 Å². The van der Waals surface area contributed by atoms with Crippen molar-refractivity contribution in [1.29, 1.82) is 0 Å². The molecule has 2 bridgehead atoms. The lowest BCUT2D eigenvalue weighted by Crippen LogP contribution is -2.51. The Labute approximate surface area is 263 Å². The second kappa shape index (κ2) is 13.5. The van der Waals surface area contributed by atoms with Crippen molar-refractivity contribution >= 4 is 28.8 Å². The van der Waals surface area contributed by atoms with Crippen molar-refractivity contribution in [2.75, 3.05) is 26.2 Å². The van der Waals surface area contributed by atoms with Gasteiger partial charge in [-0.15, -0.1) is 0 Å². The van der Waals surface area contributed by atoms with Gasteiger partial charge in [0.15, 0.2) is 0 Å². The predicted octanol–water partition coefficient (Wildman–Crippen LogP) is 3.74. The summed E-state index contributed by atoms with van der Waals surface area (Å²) in [6.45, 7) is 5.54. The van der Waals surface area contributed by atoms with Crippen molar-refractivity contribution in [1.82, 2.24) is 34.6 Å². The first-order valence-corrected chi connectivity index (χ1v) is 15.9. The van der Waals surface area contributed by atoms with E-state index in [1.807, 2.05) is 77.7 Å². The molecule has 1 saturated carbocycles. The van der Waals surface area contributed by atoms with Crippen LogP contribution in [0.5, 0.6) is 5.75 Å². The zero-order valence-electron chi connectivity index (χ0n) is 25.9. The number of amides is 3. The van der Waals surface area contributed by atoms with Crippen LogP contribution in [0.15, 0.2) is 60.9 Å². The minimum atomic E-state index is -0.713. The lowest BCUT2D eigenvalue weighted by Gasteiger charge is -2.26. The third-order valence-electron chi connectivity index (χ3n) is 8.27. The van der Waals surface area contributed by atoms with Gasteiger partial charge in [0.05, 0.1) is 24.2 Å². The smallest absolute Gasteiger partial charge is 0.243 e. The number of aromatic nitrogens is 4. The van der Waals surface area contributed by atoms with E-state index in [1.165, 1.54) is 0 Å². The average Bonchev–Trinajstić information content (AvgIpc) is 3.65. The molecule has 1 aliphatic carbocycles. The normalized spacial score (nSPS) is 18.5. The SMILES string of the molecule is CC(C)C[C@H]1NC(=O)CN(C(=O)Cn2c(C3CC3)nc3ccccc32)CCCOc2cccc(c2)-c2nccn2CCNC1=O. The van der Waals surface area contributed by atoms with Gasteiger partial charge < -0.3 is 29.4 Å². The summed E-state index contributed by atoms with van der Waals surface area (Å²) in [4.78, 5) is 51.5. The molecule has 0 unspecified atom stereocenters. The average molecular weight is 612 g/mol. The molecule has 2 aliphatic rings. The highest BCUT2D eigenvalue weighted by Gasteiger charge is 2.31. The van der Waals surface area contributed by atoms with Gasteiger partial charge in [0.1, 0.15) is 30.0 Å². The molecule has 2 N–H and O–H groups in total. The van der Waals surface area contributed by atoms with E-state index in [9.17, 15) is 14.4 Å². The van der Waals surface area contributed by atoms with E-state index in [1.54, 1.807) is 11.1 Å². The second-order valence-electron chi connectivity index (χ2n) is 12.3. The maximum atomic E-state index is 13.9. The summed E-state index contributed by atoms with van der Waals surface area (Å²) in [5, 5.41) is 5.91. The van der Waals surface area contributed by atoms with Crippen LogP contribution in [0.25, 0.3) is 22.4 Å². The van der Waals surface area contributed by atoms with Crippen LogP contribution in [0, 0.1) is 5.92 Å². The summed E-state index contributed by atoms with van der Waals surface area (Å²) in [5.74, 6) is 2.14. The molecule has 11 heteroatoms. The monoisotopic (exact) mass is 611 g/mol. The Bertz CT molecular complexity index is 1670. The first-order chi connectivity index (χ1) is 21.9. The van der Waals surface area contributed by atoms with E-state index >= 15 is 0 Å². The maximum absolute atomic E-state index is 13.9. The predicted molar refractivity (Wildman–Crippen MR) is 170 cm³/mol. The molecule has 0 saturated heterocycles. The summed E-state index contributed by atoms with van der Waals surface area (Å²) < 4.78 is 10.1. The van der Waals surface area contributed by atoms with Gasteiger partial charge in [-0.05, 0) is 55.9 Å². The van der Waals surface area contributed by atoms with Crippen LogP contribution in [0.2, 0.25) is 0 Å². The number of rotatable bonds is 5. The van der Waals surface area contributed by atoms with Gasteiger partial charge in [0.2, 0.25) is 17.7 Å². The summed E-state index contributed by atoms with van der Waals surface area (Å²) in [7, 11) is 0. The third kappa shape index (κ3) is 7.35. The fraction of sp³-hybridized carbons (Fsp3) is 0.441. The van der Waals surface area contributed by atoms with E-state index in [0.29, 0.717) is 50.8 Å². The summed E-state index contributed by atoms with van der Waals surface area (Å²) >= 11 is 0. The van der Waals surface area contributed by atoms with Gasteiger partial charge in [0.25, 0.3) is 0 Å². The molecular weight excluding hydrogens is 570 g/mol. The molecule has 45 heavy (non-hydrogen) atoms. The Balaban J connectivity index is 1.25. The van der Waals surface area contributed by atoms with E-state index in [-0.39, 0.29) is 36.7 Å². The number of carbonyl (C=O) groups is 3. The Kier molecular flexibility index (Phi) is 9.13. The van der Waals surface area contributed by atoms with Crippen molar-refractivity contribution in [3.8, 4) is 17.1 Å². The van der Waals surface area contributed by atoms with Crippen LogP contribution < -0.4 is 15.4 Å². The molecule has 6 rings (SSSR count). The molecule has 3 amide bonds. The number of fused-ring (bicyclic) bond motifs is 5. The van der Waals surface area contributed by atoms with Gasteiger partial charge in [0, 0.05) is 43.5 Å². The third-order valence-corrected chi connectivity index (χ3v) is 8.27. The molecule has 236 valence electrons. The van der Waals surface area contributed by atoms with Crippen LogP contribution in [-0.4, -0.2) is 74.0 Å². The molecule has 11 nitrogen and oxygen atoms in total. The Morgan fingerprint density at radius 1 is 1.09 bits per heavy atom. The quantitative estimate of drug-likeness (QED) is 0.355. The summed E-state index contributed by atoms with van der Waals surface area (Å²) in [5.41, 5.74) is 2.69. The van der Waals surface area contributed by atoms with Gasteiger partial charge in [-0.3, -0.25) is 14.4 Å². The molecular formula is C34H41N7O4. The minimum absolute atomic E-state index is 0.0884. The Morgan fingerprint density at radius 3 is 2.76 bits per heavy atom. The van der Waals surface area contributed by atoms with Crippen LogP contribution in [0.1, 0.15) is 51.3 Å². The Morgan fingerprint density at radius 2 is 1.93 bits per heavy atom. The van der Waals surface area contributed by atoms with Gasteiger partial charge in [-0.1, -0.05) is 38.1 Å². The van der Waals surface area contributed by atoms with Gasteiger partial charge in [-0.2, -0.15) is 0 Å². The molecule has 1 fully saturated rings. The highest BCUT2D eigenvalue weighted by molar-refractivity contribution is 5.90. The van der Waals surface area contributed by atoms with Crippen LogP contribution in [-0.2, 0) is 27.5 Å². The van der Waals surface area contributed by atoms with E-state index in [0.717, 1.165) is 41.1 Å². The van der Waals surface area contributed by atoms with Crippen LogP contribution in [0.3, 0.4) is 0 Å². The number of benzene rings is 2. The maximum Gasteiger partial charge on any atom is 0.243 e. The van der Waals surface area contributed by atoms with E-state index in [2.05, 4.69) is 15.6 Å². The molecule has 2 aromatic heterocycles. The summed E-state index contributed by atoms with van der Waals surface area (Å²) in [6.07, 6.45) is 6.74. The van der Waals surface area contributed by atoms with Crippen molar-refractivity contribution in [3.63, 3.8) is 0 Å². The van der Waals surface area contributed by atoms with E-state index in [4.69, 9.17) is 9.72 Å². The standard InChI is InChI=1S/C34H41N7O4/c1-23(2)19-28-34(44)36-14-17-39-16-13-35-32(39)25-7-5-8-26(20-25)45-18-6-15-40(21-30(42)37-28)31(43)22-41-29-10-4-3-9-27(29)38-33(41)24-11-12-24/h3-5,7-10,13,16,20,23-24,28H,6,11-12,14-15,17-19,21-22H2,1-2H3,(H,36,44)(H,37,42)/t28-/m1/s1. The molecule has 3 heterocycles. The highest BCUT2D eigenvalue weighted by Crippen LogP contribution is 2.40. The van der Waals surface area contributed by atoms with E-state index < -0.39 is 6.04 Å². The fourth-order valence-corrected chi connectivity index (χ4v) is 5.90. The summed E-state index contributed by atoms with van der Waals surface area (Å²) in [6, 6.07) is 14.9. The number of para-hydroxylation sites is 2. The lowest BCUT2D eigenvalue weighted by molar-refractivity contribution is -0.137. The zero-order chi connectivity index (χ0) is 31.3. The fourth-order valence-electron chi connectivity index (χ4n) is 5.90. The molecule has 2 aromatic carbocycles. The molecule has 0 spiro atoms. The molecule has 1 aliphatic heterocycles.